The average molecular weight is 489 g/mol. The van der Waals surface area contributed by atoms with Gasteiger partial charge in [-0.3, -0.25) is 9.36 Å². The lowest BCUT2D eigenvalue weighted by molar-refractivity contribution is -0.113. The van der Waals surface area contributed by atoms with Crippen LogP contribution in [-0.4, -0.2) is 31.0 Å². The zero-order valence-corrected chi connectivity index (χ0v) is 20.8. The highest BCUT2D eigenvalue weighted by molar-refractivity contribution is 7.99. The van der Waals surface area contributed by atoms with Gasteiger partial charge in [-0.05, 0) is 63.1 Å². The molecule has 2 aromatic carbocycles. The number of carbonyl (C=O) groups is 1. The van der Waals surface area contributed by atoms with Gasteiger partial charge in [-0.2, -0.15) is 5.26 Å². The quantitative estimate of drug-likeness (QED) is 0.366. The number of aryl methyl sites for hydroxylation is 2. The van der Waals surface area contributed by atoms with Gasteiger partial charge in [0.2, 0.25) is 5.91 Å². The van der Waals surface area contributed by atoms with E-state index in [9.17, 15) is 14.4 Å². The van der Waals surface area contributed by atoms with Gasteiger partial charge < -0.3 is 9.88 Å². The second kappa shape index (κ2) is 10.2. The number of nitrogens with zero attached hydrogens (tertiary/aromatic N) is 5. The van der Waals surface area contributed by atoms with Crippen molar-refractivity contribution in [2.45, 2.75) is 39.4 Å². The molecule has 1 N–H and O–H groups in total. The van der Waals surface area contributed by atoms with Crippen LogP contribution in [0.25, 0.3) is 5.69 Å². The fraction of sp³-hybridized carbons (Fsp3) is 0.231. The smallest absolute Gasteiger partial charge is 0.235 e. The van der Waals surface area contributed by atoms with E-state index in [1.807, 2.05) is 61.1 Å². The van der Waals surface area contributed by atoms with Crippen molar-refractivity contribution >= 4 is 23.5 Å². The molecule has 178 valence electrons. The lowest BCUT2D eigenvalue weighted by atomic mass is 10.2. The van der Waals surface area contributed by atoms with E-state index in [1.54, 1.807) is 12.1 Å². The number of aromatic nitrogens is 4. The zero-order chi connectivity index (χ0) is 25.1. The average Bonchev–Trinajstić information content (AvgIpc) is 3.31. The highest BCUT2D eigenvalue weighted by Crippen LogP contribution is 2.28. The molecule has 0 fully saturated rings. The van der Waals surface area contributed by atoms with Crippen molar-refractivity contribution in [3.63, 3.8) is 0 Å². The van der Waals surface area contributed by atoms with E-state index >= 15 is 0 Å². The normalized spacial score (nSPS) is 10.9. The fourth-order valence-corrected chi connectivity index (χ4v) is 4.62. The number of benzene rings is 2. The maximum Gasteiger partial charge on any atom is 0.235 e. The van der Waals surface area contributed by atoms with Gasteiger partial charge in [0.25, 0.3) is 0 Å². The second-order valence-corrected chi connectivity index (χ2v) is 9.24. The van der Waals surface area contributed by atoms with Crippen LogP contribution < -0.4 is 5.32 Å². The molecule has 0 unspecified atom stereocenters. The van der Waals surface area contributed by atoms with Gasteiger partial charge in [0, 0.05) is 17.9 Å². The highest BCUT2D eigenvalue weighted by atomic mass is 32.2. The molecule has 35 heavy (non-hydrogen) atoms. The summed E-state index contributed by atoms with van der Waals surface area (Å²) in [5.41, 5.74) is 5.01. The molecule has 0 radical (unpaired) electrons. The molecule has 0 saturated carbocycles. The van der Waals surface area contributed by atoms with Crippen LogP contribution in [0.5, 0.6) is 0 Å². The van der Waals surface area contributed by atoms with E-state index in [0.717, 1.165) is 33.9 Å². The van der Waals surface area contributed by atoms with Gasteiger partial charge in [-0.15, -0.1) is 10.2 Å². The number of anilines is 1. The lowest BCUT2D eigenvalue weighted by Crippen LogP contribution is -2.19. The molecule has 0 aliphatic rings. The summed E-state index contributed by atoms with van der Waals surface area (Å²) < 4.78 is 17.1. The lowest BCUT2D eigenvalue weighted by Gasteiger charge is -2.13. The van der Waals surface area contributed by atoms with Crippen LogP contribution >= 0.6 is 11.8 Å². The van der Waals surface area contributed by atoms with Crippen LogP contribution in [0.4, 0.5) is 10.2 Å². The molecule has 1 amide bonds. The summed E-state index contributed by atoms with van der Waals surface area (Å²) >= 11 is 1.27. The summed E-state index contributed by atoms with van der Waals surface area (Å²) in [7, 11) is 0. The van der Waals surface area contributed by atoms with Crippen LogP contribution in [0.15, 0.2) is 53.7 Å². The molecule has 0 saturated heterocycles. The Hall–Kier alpha value is -3.90. The van der Waals surface area contributed by atoms with E-state index in [2.05, 4.69) is 21.6 Å². The van der Waals surface area contributed by atoms with Crippen LogP contribution in [0, 0.1) is 44.8 Å². The molecule has 4 rings (SSSR count). The molecule has 4 aromatic rings. The molecule has 0 aliphatic heterocycles. The molecule has 0 bridgehead atoms. The first-order valence-electron chi connectivity index (χ1n) is 11.0. The standard InChI is InChI=1S/C26H25FN6OS/c1-16-5-11-22(12-6-16)33-19(4)30-31-26(33)35-15-24(34)29-25-23(13-28)17(2)18(3)32(25)14-20-7-9-21(27)10-8-20/h5-12H,14-15H2,1-4H3,(H,29,34). The summed E-state index contributed by atoms with van der Waals surface area (Å²) in [5, 5.41) is 21.7. The largest absolute Gasteiger partial charge is 0.326 e. The van der Waals surface area contributed by atoms with Gasteiger partial charge >= 0.3 is 0 Å². The van der Waals surface area contributed by atoms with Crippen molar-refractivity contribution in [2.75, 3.05) is 11.1 Å². The number of amides is 1. The van der Waals surface area contributed by atoms with Gasteiger partial charge in [-0.1, -0.05) is 41.6 Å². The number of carbonyl (C=O) groups excluding carboxylic acids is 1. The summed E-state index contributed by atoms with van der Waals surface area (Å²) in [5.74, 6) is 0.678. The van der Waals surface area contributed by atoms with Gasteiger partial charge in [0.1, 0.15) is 23.5 Å². The number of halogens is 1. The van der Waals surface area contributed by atoms with Gasteiger partial charge in [-0.25, -0.2) is 4.39 Å². The van der Waals surface area contributed by atoms with Crippen molar-refractivity contribution in [3.8, 4) is 11.8 Å². The second-order valence-electron chi connectivity index (χ2n) is 8.30. The summed E-state index contributed by atoms with van der Waals surface area (Å²) in [4.78, 5) is 13.0. The SMILES string of the molecule is Cc1ccc(-n2c(C)nnc2SCC(=O)Nc2c(C#N)c(C)c(C)n2Cc2ccc(F)cc2)cc1. The monoisotopic (exact) mass is 488 g/mol. The van der Waals surface area contributed by atoms with Crippen LogP contribution in [0.3, 0.4) is 0 Å². The van der Waals surface area contributed by atoms with E-state index in [4.69, 9.17) is 0 Å². The van der Waals surface area contributed by atoms with Crippen LogP contribution in [0.2, 0.25) is 0 Å². The van der Waals surface area contributed by atoms with E-state index in [1.165, 1.54) is 23.9 Å². The minimum absolute atomic E-state index is 0.0920. The van der Waals surface area contributed by atoms with E-state index in [-0.39, 0.29) is 17.5 Å². The fourth-order valence-electron chi connectivity index (χ4n) is 3.83. The molecular formula is C26H25FN6OS. The summed E-state index contributed by atoms with van der Waals surface area (Å²) in [6.45, 7) is 8.04. The molecular weight excluding hydrogens is 463 g/mol. The number of hydrogen-bond donors (Lipinski definition) is 1. The molecule has 0 atom stereocenters. The van der Waals surface area contributed by atoms with Gasteiger partial charge in [0.05, 0.1) is 11.3 Å². The third-order valence-electron chi connectivity index (χ3n) is 5.87. The zero-order valence-electron chi connectivity index (χ0n) is 20.0. The summed E-state index contributed by atoms with van der Waals surface area (Å²) in [6.07, 6.45) is 0. The topological polar surface area (TPSA) is 88.5 Å². The minimum atomic E-state index is -0.314. The molecule has 0 spiro atoms. The highest BCUT2D eigenvalue weighted by Gasteiger charge is 2.21. The molecule has 2 aromatic heterocycles. The Bertz CT molecular complexity index is 1410. The maximum atomic E-state index is 13.3. The maximum absolute atomic E-state index is 13.3. The first kappa shape index (κ1) is 24.2. The predicted octanol–water partition coefficient (Wildman–Crippen LogP) is 5.09. The predicted molar refractivity (Wildman–Crippen MR) is 134 cm³/mol. The number of hydrogen-bond acceptors (Lipinski definition) is 5. The first-order valence-corrected chi connectivity index (χ1v) is 12.0. The Morgan fingerprint density at radius 3 is 2.40 bits per heavy atom. The number of nitrogens with one attached hydrogen (secondary N) is 1. The molecule has 0 aliphatic carbocycles. The molecule has 9 heteroatoms. The molecule has 7 nitrogen and oxygen atoms in total. The first-order chi connectivity index (χ1) is 16.8. The third-order valence-corrected chi connectivity index (χ3v) is 6.80. The van der Waals surface area contributed by atoms with Crippen LogP contribution in [-0.2, 0) is 11.3 Å². The number of thioether (sulfide) groups is 1. The Kier molecular flexibility index (Phi) is 7.03. The van der Waals surface area contributed by atoms with Crippen molar-refractivity contribution in [1.29, 1.82) is 5.26 Å². The number of rotatable bonds is 7. The van der Waals surface area contributed by atoms with Crippen molar-refractivity contribution in [2.24, 2.45) is 0 Å². The van der Waals surface area contributed by atoms with Crippen molar-refractivity contribution in [3.05, 3.63) is 88.1 Å². The minimum Gasteiger partial charge on any atom is -0.326 e. The summed E-state index contributed by atoms with van der Waals surface area (Å²) in [6, 6.07) is 16.4. The third kappa shape index (κ3) is 5.12. The van der Waals surface area contributed by atoms with Crippen LogP contribution in [0.1, 0.15) is 33.8 Å². The Morgan fingerprint density at radius 1 is 1.06 bits per heavy atom. The van der Waals surface area contributed by atoms with Crippen molar-refractivity contribution in [1.82, 2.24) is 19.3 Å². The Labute approximate surface area is 207 Å². The number of nitriles is 1. The Morgan fingerprint density at radius 2 is 1.74 bits per heavy atom. The van der Waals surface area contributed by atoms with Crippen molar-refractivity contribution < 1.29 is 9.18 Å². The van der Waals surface area contributed by atoms with Gasteiger partial charge in [0.15, 0.2) is 5.16 Å². The Balaban J connectivity index is 1.54. The van der Waals surface area contributed by atoms with E-state index < -0.39 is 0 Å². The van der Waals surface area contributed by atoms with E-state index in [0.29, 0.717) is 23.1 Å². The molecule has 2 heterocycles.